The number of carbonyl (C=O) groups excluding carboxylic acids is 2. The summed E-state index contributed by atoms with van der Waals surface area (Å²) in [6.45, 7) is 1.60. The summed E-state index contributed by atoms with van der Waals surface area (Å²) in [4.78, 5) is 22.9. The summed E-state index contributed by atoms with van der Waals surface area (Å²) < 4.78 is 36.7. The highest BCUT2D eigenvalue weighted by Crippen LogP contribution is 2.22. The fraction of sp³-hybridized carbons (Fsp3) is 0.118. The lowest BCUT2D eigenvalue weighted by molar-refractivity contribution is -0.167. The van der Waals surface area contributed by atoms with Crippen LogP contribution in [0.4, 0.5) is 18.9 Å². The van der Waals surface area contributed by atoms with Gasteiger partial charge in [-0.2, -0.15) is 18.3 Å². The van der Waals surface area contributed by atoms with Crippen molar-refractivity contribution in [2.45, 2.75) is 13.1 Å². The van der Waals surface area contributed by atoms with Gasteiger partial charge in [0.05, 0.1) is 15.8 Å². The maximum Gasteiger partial charge on any atom is 0.471 e. The zero-order valence-electron chi connectivity index (χ0n) is 13.7. The largest absolute Gasteiger partial charge is 0.471 e. The lowest BCUT2D eigenvalue weighted by Crippen LogP contribution is -2.29. The summed E-state index contributed by atoms with van der Waals surface area (Å²) >= 11 is 11.6. The van der Waals surface area contributed by atoms with Gasteiger partial charge in [0.1, 0.15) is 0 Å². The summed E-state index contributed by atoms with van der Waals surface area (Å²) in [7, 11) is 0. The van der Waals surface area contributed by atoms with Gasteiger partial charge in [-0.1, -0.05) is 35.3 Å². The first-order valence-corrected chi connectivity index (χ1v) is 8.12. The van der Waals surface area contributed by atoms with Gasteiger partial charge in [-0.15, -0.1) is 0 Å². The third-order valence-electron chi connectivity index (χ3n) is 3.32. The van der Waals surface area contributed by atoms with Gasteiger partial charge in [-0.25, -0.2) is 5.43 Å². The third kappa shape index (κ3) is 5.70. The van der Waals surface area contributed by atoms with Crippen LogP contribution in [-0.2, 0) is 4.79 Å². The van der Waals surface area contributed by atoms with Crippen LogP contribution in [0.5, 0.6) is 0 Å². The summed E-state index contributed by atoms with van der Waals surface area (Å²) in [5, 5.41) is 6.19. The molecule has 0 fully saturated rings. The molecular weight excluding hydrogens is 406 g/mol. The molecule has 0 saturated heterocycles. The first-order chi connectivity index (χ1) is 12.6. The van der Waals surface area contributed by atoms with E-state index in [0.29, 0.717) is 16.3 Å². The average Bonchev–Trinajstić information content (AvgIpc) is 2.61. The molecule has 0 bridgehead atoms. The molecule has 0 atom stereocenters. The topological polar surface area (TPSA) is 70.6 Å². The Morgan fingerprint density at radius 2 is 1.56 bits per heavy atom. The number of anilines is 1. The Balaban J connectivity index is 2.04. The predicted molar refractivity (Wildman–Crippen MR) is 97.3 cm³/mol. The predicted octanol–water partition coefficient (Wildman–Crippen LogP) is 4.65. The van der Waals surface area contributed by atoms with Gasteiger partial charge in [-0.05, 0) is 42.8 Å². The van der Waals surface area contributed by atoms with Gasteiger partial charge in [0.25, 0.3) is 5.91 Å². The number of halogens is 5. The van der Waals surface area contributed by atoms with Crippen LogP contribution in [0.3, 0.4) is 0 Å². The summed E-state index contributed by atoms with van der Waals surface area (Å²) in [5.41, 5.74) is 3.51. The zero-order valence-corrected chi connectivity index (χ0v) is 15.2. The standard InChI is InChI=1S/C17H12Cl2F3N3O2/c1-9(24-25-15(26)11-4-7-13(18)14(19)8-11)10-2-5-12(6-3-10)23-16(27)17(20,21)22/h2-8H,1H3,(H,23,27)(H,25,26)/b24-9-. The van der Waals surface area contributed by atoms with E-state index < -0.39 is 18.0 Å². The lowest BCUT2D eigenvalue weighted by atomic mass is 10.1. The molecule has 10 heteroatoms. The zero-order chi connectivity index (χ0) is 20.2. The van der Waals surface area contributed by atoms with Crippen molar-refractivity contribution in [2.24, 2.45) is 5.10 Å². The van der Waals surface area contributed by atoms with Crippen molar-refractivity contribution in [2.75, 3.05) is 5.32 Å². The molecule has 2 aromatic rings. The Morgan fingerprint density at radius 1 is 0.963 bits per heavy atom. The monoisotopic (exact) mass is 417 g/mol. The minimum absolute atomic E-state index is 0.0197. The maximum absolute atomic E-state index is 12.2. The van der Waals surface area contributed by atoms with Crippen LogP contribution in [0.2, 0.25) is 10.0 Å². The van der Waals surface area contributed by atoms with Crippen LogP contribution in [0.25, 0.3) is 0 Å². The molecule has 2 rings (SSSR count). The number of nitrogens with zero attached hydrogens (tertiary/aromatic N) is 1. The molecular formula is C17H12Cl2F3N3O2. The van der Waals surface area contributed by atoms with Crippen LogP contribution < -0.4 is 10.7 Å². The van der Waals surface area contributed by atoms with Crippen LogP contribution >= 0.6 is 23.2 Å². The number of hydrogen-bond donors (Lipinski definition) is 2. The Hall–Kier alpha value is -2.58. The molecule has 0 aliphatic carbocycles. The van der Waals surface area contributed by atoms with Crippen molar-refractivity contribution in [3.8, 4) is 0 Å². The fourth-order valence-electron chi connectivity index (χ4n) is 1.90. The third-order valence-corrected chi connectivity index (χ3v) is 4.06. The molecule has 0 heterocycles. The SMILES string of the molecule is C/C(=N/NC(=O)c1ccc(Cl)c(Cl)c1)c1ccc(NC(=O)C(F)(F)F)cc1. The minimum atomic E-state index is -4.97. The number of hydrogen-bond acceptors (Lipinski definition) is 3. The van der Waals surface area contributed by atoms with E-state index in [4.69, 9.17) is 23.2 Å². The second kappa shape index (κ2) is 8.41. The first kappa shape index (κ1) is 20.7. The molecule has 0 unspecified atom stereocenters. The Kier molecular flexibility index (Phi) is 6.45. The molecule has 142 valence electrons. The van der Waals surface area contributed by atoms with Crippen LogP contribution in [0.1, 0.15) is 22.8 Å². The molecule has 2 aromatic carbocycles. The Morgan fingerprint density at radius 3 is 2.11 bits per heavy atom. The van der Waals surface area contributed by atoms with Crippen LogP contribution in [-0.4, -0.2) is 23.7 Å². The first-order valence-electron chi connectivity index (χ1n) is 7.36. The van der Waals surface area contributed by atoms with Gasteiger partial charge in [0, 0.05) is 11.3 Å². The molecule has 0 saturated carbocycles. The van der Waals surface area contributed by atoms with Gasteiger partial charge in [0.2, 0.25) is 0 Å². The van der Waals surface area contributed by atoms with Crippen molar-refractivity contribution in [1.29, 1.82) is 0 Å². The molecule has 0 spiro atoms. The molecule has 27 heavy (non-hydrogen) atoms. The van der Waals surface area contributed by atoms with E-state index in [2.05, 4.69) is 10.5 Å². The molecule has 5 nitrogen and oxygen atoms in total. The van der Waals surface area contributed by atoms with E-state index >= 15 is 0 Å². The summed E-state index contributed by atoms with van der Waals surface area (Å²) in [6, 6.07) is 9.84. The Bertz CT molecular complexity index is 897. The number of carbonyl (C=O) groups is 2. The molecule has 0 aromatic heterocycles. The van der Waals surface area contributed by atoms with E-state index in [9.17, 15) is 22.8 Å². The van der Waals surface area contributed by atoms with E-state index in [1.807, 2.05) is 0 Å². The van der Waals surface area contributed by atoms with Crippen molar-refractivity contribution in [3.63, 3.8) is 0 Å². The molecule has 0 aliphatic heterocycles. The number of nitrogens with one attached hydrogen (secondary N) is 2. The highest BCUT2D eigenvalue weighted by atomic mass is 35.5. The average molecular weight is 418 g/mol. The normalized spacial score (nSPS) is 11.9. The molecule has 2 N–H and O–H groups in total. The number of hydrazone groups is 1. The van der Waals surface area contributed by atoms with E-state index in [1.165, 1.54) is 42.5 Å². The van der Waals surface area contributed by atoms with Crippen molar-refractivity contribution < 1.29 is 22.8 Å². The van der Waals surface area contributed by atoms with Gasteiger partial charge in [0.15, 0.2) is 0 Å². The van der Waals surface area contributed by atoms with Crippen LogP contribution in [0, 0.1) is 0 Å². The number of benzene rings is 2. The molecule has 0 aliphatic rings. The van der Waals surface area contributed by atoms with Crippen molar-refractivity contribution >= 4 is 46.4 Å². The smallest absolute Gasteiger partial charge is 0.318 e. The van der Waals surface area contributed by atoms with Crippen molar-refractivity contribution in [3.05, 3.63) is 63.6 Å². The van der Waals surface area contributed by atoms with Gasteiger partial charge >= 0.3 is 12.1 Å². The Labute approximate surface area is 162 Å². The minimum Gasteiger partial charge on any atom is -0.318 e. The van der Waals surface area contributed by atoms with E-state index in [1.54, 1.807) is 12.2 Å². The lowest BCUT2D eigenvalue weighted by Gasteiger charge is -2.08. The summed E-state index contributed by atoms with van der Waals surface area (Å²) in [5.74, 6) is -2.57. The highest BCUT2D eigenvalue weighted by Gasteiger charge is 2.38. The second-order valence-corrected chi connectivity index (χ2v) is 6.11. The maximum atomic E-state index is 12.2. The molecule has 0 radical (unpaired) electrons. The van der Waals surface area contributed by atoms with Gasteiger partial charge in [-0.3, -0.25) is 9.59 Å². The van der Waals surface area contributed by atoms with Crippen LogP contribution in [0.15, 0.2) is 47.6 Å². The fourth-order valence-corrected chi connectivity index (χ4v) is 2.20. The van der Waals surface area contributed by atoms with E-state index in [-0.39, 0.29) is 16.3 Å². The molecule has 2 amide bonds. The van der Waals surface area contributed by atoms with Gasteiger partial charge < -0.3 is 5.32 Å². The number of alkyl halides is 3. The number of rotatable bonds is 4. The van der Waals surface area contributed by atoms with E-state index in [0.717, 1.165) is 0 Å². The number of amides is 2. The second-order valence-electron chi connectivity index (χ2n) is 5.30. The van der Waals surface area contributed by atoms with Crippen molar-refractivity contribution in [1.82, 2.24) is 5.43 Å². The summed E-state index contributed by atoms with van der Waals surface area (Å²) in [6.07, 6.45) is -4.97. The quantitative estimate of drug-likeness (QED) is 0.561. The highest BCUT2D eigenvalue weighted by molar-refractivity contribution is 6.42.